The topological polar surface area (TPSA) is 74.0 Å². The molecule has 0 atom stereocenters. The first kappa shape index (κ1) is 17.9. The summed E-state index contributed by atoms with van der Waals surface area (Å²) in [6.45, 7) is 0.315. The first-order valence-corrected chi connectivity index (χ1v) is 8.58. The summed E-state index contributed by atoms with van der Waals surface area (Å²) < 4.78 is 13.7. The van der Waals surface area contributed by atoms with Crippen molar-refractivity contribution >= 4 is 33.4 Å². The maximum Gasteiger partial charge on any atom is 0.267 e. The second kappa shape index (κ2) is 7.97. The van der Waals surface area contributed by atoms with Crippen LogP contribution in [0.2, 0.25) is 0 Å². The number of carbonyl (C=O) groups excluding carboxylic acids is 2. The molecule has 7 heteroatoms. The van der Waals surface area contributed by atoms with E-state index in [0.717, 1.165) is 10.0 Å². The summed E-state index contributed by atoms with van der Waals surface area (Å²) >= 11 is 3.28. The molecule has 2 amide bonds. The molecule has 2 aromatic carbocycles. The van der Waals surface area contributed by atoms with Gasteiger partial charge < -0.3 is 15.6 Å². The fourth-order valence-corrected chi connectivity index (χ4v) is 2.68. The number of hydrogen-bond donors (Lipinski definition) is 3. The van der Waals surface area contributed by atoms with Crippen molar-refractivity contribution in [3.63, 3.8) is 0 Å². The highest BCUT2D eigenvalue weighted by Crippen LogP contribution is 2.14. The zero-order valence-corrected chi connectivity index (χ0v) is 15.1. The molecule has 3 N–H and O–H groups in total. The van der Waals surface area contributed by atoms with Crippen LogP contribution < -0.4 is 10.6 Å². The van der Waals surface area contributed by atoms with Crippen LogP contribution in [0.1, 0.15) is 26.4 Å². The normalized spacial score (nSPS) is 10.4. The number of aromatic nitrogens is 1. The van der Waals surface area contributed by atoms with Gasteiger partial charge in [0.25, 0.3) is 11.8 Å². The average molecular weight is 416 g/mol. The maximum absolute atomic E-state index is 12.9. The van der Waals surface area contributed by atoms with Gasteiger partial charge in [-0.15, -0.1) is 0 Å². The maximum atomic E-state index is 12.9. The van der Waals surface area contributed by atoms with E-state index in [0.29, 0.717) is 23.5 Å². The highest BCUT2D eigenvalue weighted by molar-refractivity contribution is 9.10. The van der Waals surface area contributed by atoms with Crippen LogP contribution in [0, 0.1) is 5.82 Å². The van der Waals surface area contributed by atoms with Gasteiger partial charge in [0.2, 0.25) is 0 Å². The molecule has 0 fully saturated rings. The number of amides is 2. The number of H-pyrrole nitrogens is 1. The van der Waals surface area contributed by atoms with E-state index in [4.69, 9.17) is 0 Å². The van der Waals surface area contributed by atoms with Gasteiger partial charge in [-0.2, -0.15) is 0 Å². The van der Waals surface area contributed by atoms with E-state index in [9.17, 15) is 14.0 Å². The van der Waals surface area contributed by atoms with Crippen molar-refractivity contribution in [2.45, 2.75) is 6.54 Å². The van der Waals surface area contributed by atoms with Gasteiger partial charge >= 0.3 is 0 Å². The quantitative estimate of drug-likeness (QED) is 0.586. The highest BCUT2D eigenvalue weighted by Gasteiger charge is 2.09. The van der Waals surface area contributed by atoms with Crippen molar-refractivity contribution in [3.8, 4) is 0 Å². The Morgan fingerprint density at radius 1 is 1.04 bits per heavy atom. The van der Waals surface area contributed by atoms with Gasteiger partial charge in [-0.1, -0.05) is 12.1 Å². The summed E-state index contributed by atoms with van der Waals surface area (Å²) in [5.41, 5.74) is 2.25. The van der Waals surface area contributed by atoms with Crippen molar-refractivity contribution in [2.24, 2.45) is 0 Å². The Morgan fingerprint density at radius 2 is 1.81 bits per heavy atom. The molecule has 0 aliphatic carbocycles. The number of rotatable bonds is 5. The van der Waals surface area contributed by atoms with Crippen molar-refractivity contribution in [2.75, 3.05) is 5.32 Å². The summed E-state index contributed by atoms with van der Waals surface area (Å²) in [5, 5.41) is 5.56. The summed E-state index contributed by atoms with van der Waals surface area (Å²) in [7, 11) is 0. The molecule has 132 valence electrons. The summed E-state index contributed by atoms with van der Waals surface area (Å²) in [5.74, 6) is -0.952. The predicted molar refractivity (Wildman–Crippen MR) is 100 cm³/mol. The predicted octanol–water partition coefficient (Wildman–Crippen LogP) is 4.10. The van der Waals surface area contributed by atoms with Crippen molar-refractivity contribution in [1.82, 2.24) is 10.3 Å². The number of benzene rings is 2. The van der Waals surface area contributed by atoms with Crippen LogP contribution in [0.4, 0.5) is 10.1 Å². The number of halogens is 2. The molecule has 0 radical (unpaired) electrons. The number of anilines is 1. The van der Waals surface area contributed by atoms with E-state index in [1.54, 1.807) is 30.5 Å². The lowest BCUT2D eigenvalue weighted by molar-refractivity contribution is 0.0945. The third kappa shape index (κ3) is 4.58. The summed E-state index contributed by atoms with van der Waals surface area (Å²) in [6, 6.07) is 14.1. The SMILES string of the molecule is O=C(Nc1cccc(CNC(=O)c2cc(Br)c[nH]2)c1)c1ccc(F)cc1. The highest BCUT2D eigenvalue weighted by atomic mass is 79.9. The second-order valence-corrected chi connectivity index (χ2v) is 6.49. The monoisotopic (exact) mass is 415 g/mol. The molecule has 1 heterocycles. The molecule has 1 aromatic heterocycles. The molecule has 3 rings (SSSR count). The van der Waals surface area contributed by atoms with Crippen molar-refractivity contribution in [1.29, 1.82) is 0 Å². The third-order valence-electron chi connectivity index (χ3n) is 3.64. The molecule has 0 saturated carbocycles. The molecule has 0 saturated heterocycles. The van der Waals surface area contributed by atoms with Crippen LogP contribution in [0.25, 0.3) is 0 Å². The lowest BCUT2D eigenvalue weighted by Gasteiger charge is -2.08. The molecule has 0 bridgehead atoms. The molecular formula is C19H15BrFN3O2. The minimum atomic E-state index is -0.395. The van der Waals surface area contributed by atoms with Gasteiger partial charge in [-0.05, 0) is 64.0 Å². The van der Waals surface area contributed by atoms with Crippen LogP contribution in [0.5, 0.6) is 0 Å². The Hall–Kier alpha value is -2.93. The van der Waals surface area contributed by atoms with Crippen molar-refractivity contribution < 1.29 is 14.0 Å². The second-order valence-electron chi connectivity index (χ2n) is 5.58. The van der Waals surface area contributed by atoms with Gasteiger partial charge in [-0.25, -0.2) is 4.39 Å². The first-order valence-electron chi connectivity index (χ1n) is 7.79. The molecular weight excluding hydrogens is 401 g/mol. The molecule has 0 aliphatic heterocycles. The van der Waals surface area contributed by atoms with Gasteiger partial charge in [0.1, 0.15) is 11.5 Å². The number of carbonyl (C=O) groups is 2. The smallest absolute Gasteiger partial charge is 0.267 e. The number of nitrogens with one attached hydrogen (secondary N) is 3. The van der Waals surface area contributed by atoms with Crippen LogP contribution in [0.15, 0.2) is 65.3 Å². The minimum Gasteiger partial charge on any atom is -0.356 e. The zero-order chi connectivity index (χ0) is 18.5. The lowest BCUT2D eigenvalue weighted by atomic mass is 10.1. The standard InChI is InChI=1S/C19H15BrFN3O2/c20-14-9-17(22-11-14)19(26)23-10-12-2-1-3-16(8-12)24-18(25)13-4-6-15(21)7-5-13/h1-9,11,22H,10H2,(H,23,26)(H,24,25). The largest absolute Gasteiger partial charge is 0.356 e. The Bertz CT molecular complexity index is 938. The number of aromatic amines is 1. The van der Waals surface area contributed by atoms with E-state index >= 15 is 0 Å². The van der Waals surface area contributed by atoms with Gasteiger partial charge in [0.05, 0.1) is 0 Å². The fraction of sp³-hybridized carbons (Fsp3) is 0.0526. The van der Waals surface area contributed by atoms with Crippen LogP contribution in [0.3, 0.4) is 0 Å². The van der Waals surface area contributed by atoms with E-state index in [-0.39, 0.29) is 11.8 Å². The molecule has 0 aliphatic rings. The average Bonchev–Trinajstić information content (AvgIpc) is 3.07. The van der Waals surface area contributed by atoms with Gasteiger partial charge in [0, 0.05) is 28.5 Å². The van der Waals surface area contributed by atoms with E-state index in [1.165, 1.54) is 24.3 Å². The first-order chi connectivity index (χ1) is 12.5. The van der Waals surface area contributed by atoms with Crippen LogP contribution in [-0.4, -0.2) is 16.8 Å². The van der Waals surface area contributed by atoms with E-state index in [2.05, 4.69) is 31.5 Å². The molecule has 26 heavy (non-hydrogen) atoms. The Morgan fingerprint density at radius 3 is 2.50 bits per heavy atom. The van der Waals surface area contributed by atoms with Gasteiger partial charge in [0.15, 0.2) is 0 Å². The Labute approximate surface area is 157 Å². The summed E-state index contributed by atoms with van der Waals surface area (Å²) in [4.78, 5) is 27.1. The molecule has 3 aromatic rings. The van der Waals surface area contributed by atoms with E-state index in [1.807, 2.05) is 6.07 Å². The van der Waals surface area contributed by atoms with Crippen LogP contribution >= 0.6 is 15.9 Å². The van der Waals surface area contributed by atoms with E-state index < -0.39 is 5.82 Å². The van der Waals surface area contributed by atoms with Crippen LogP contribution in [-0.2, 0) is 6.54 Å². The van der Waals surface area contributed by atoms with Gasteiger partial charge in [-0.3, -0.25) is 9.59 Å². The minimum absolute atomic E-state index is 0.226. The molecule has 0 unspecified atom stereocenters. The third-order valence-corrected chi connectivity index (χ3v) is 4.09. The number of hydrogen-bond acceptors (Lipinski definition) is 2. The molecule has 0 spiro atoms. The Balaban J connectivity index is 1.61. The Kier molecular flexibility index (Phi) is 5.48. The van der Waals surface area contributed by atoms with Crippen molar-refractivity contribution in [3.05, 3.63) is 87.9 Å². The lowest BCUT2D eigenvalue weighted by Crippen LogP contribution is -2.23. The summed E-state index contributed by atoms with van der Waals surface area (Å²) in [6.07, 6.45) is 1.68. The molecule has 5 nitrogen and oxygen atoms in total. The zero-order valence-electron chi connectivity index (χ0n) is 13.6. The fourth-order valence-electron chi connectivity index (χ4n) is 2.34.